The van der Waals surface area contributed by atoms with Crippen LogP contribution in [0.2, 0.25) is 0 Å². The van der Waals surface area contributed by atoms with Crippen LogP contribution < -0.4 is 16.0 Å². The zero-order chi connectivity index (χ0) is 15.2. The van der Waals surface area contributed by atoms with Crippen LogP contribution in [0.4, 0.5) is 11.4 Å². The number of hydrogen-bond donors (Lipinski definition) is 2. The van der Waals surface area contributed by atoms with Crippen molar-refractivity contribution >= 4 is 23.2 Å². The Balaban J connectivity index is 2.07. The summed E-state index contributed by atoms with van der Waals surface area (Å²) in [6.45, 7) is 2.74. The molecule has 0 bridgehead atoms. The topological polar surface area (TPSA) is 75.4 Å². The van der Waals surface area contributed by atoms with Gasteiger partial charge in [-0.1, -0.05) is 19.4 Å². The van der Waals surface area contributed by atoms with E-state index >= 15 is 0 Å². The van der Waals surface area contributed by atoms with Crippen molar-refractivity contribution in [1.82, 2.24) is 0 Å². The fourth-order valence-electron chi connectivity index (χ4n) is 2.51. The summed E-state index contributed by atoms with van der Waals surface area (Å²) in [4.78, 5) is 25.7. The molecule has 0 aliphatic carbocycles. The minimum absolute atomic E-state index is 0.146. The first-order valence-corrected chi connectivity index (χ1v) is 7.58. The smallest absolute Gasteiger partial charge is 0.241 e. The van der Waals surface area contributed by atoms with E-state index in [9.17, 15) is 9.59 Å². The lowest BCUT2D eigenvalue weighted by molar-refractivity contribution is -0.119. The summed E-state index contributed by atoms with van der Waals surface area (Å²) in [6.07, 6.45) is 4.10. The fraction of sp³-hybridized carbons (Fsp3) is 0.500. The van der Waals surface area contributed by atoms with Crippen LogP contribution >= 0.6 is 0 Å². The van der Waals surface area contributed by atoms with Crippen LogP contribution in [0.3, 0.4) is 0 Å². The van der Waals surface area contributed by atoms with Crippen LogP contribution in [-0.2, 0) is 9.59 Å². The van der Waals surface area contributed by atoms with Crippen molar-refractivity contribution in [2.45, 2.75) is 45.1 Å². The third-order valence-corrected chi connectivity index (χ3v) is 3.69. The fourth-order valence-corrected chi connectivity index (χ4v) is 2.51. The summed E-state index contributed by atoms with van der Waals surface area (Å²) in [5.41, 5.74) is 7.32. The van der Waals surface area contributed by atoms with E-state index in [1.165, 1.54) is 0 Å². The summed E-state index contributed by atoms with van der Waals surface area (Å²) < 4.78 is 0. The van der Waals surface area contributed by atoms with Crippen molar-refractivity contribution in [3.05, 3.63) is 24.3 Å². The molecule has 1 aliphatic rings. The molecule has 1 atom stereocenters. The van der Waals surface area contributed by atoms with Gasteiger partial charge in [-0.15, -0.1) is 0 Å². The van der Waals surface area contributed by atoms with Gasteiger partial charge in [0.2, 0.25) is 11.8 Å². The Bertz CT molecular complexity index is 516. The molecule has 0 radical (unpaired) electrons. The van der Waals surface area contributed by atoms with Gasteiger partial charge in [0, 0.05) is 24.3 Å². The molecule has 1 heterocycles. The number of rotatable bonds is 5. The lowest BCUT2D eigenvalue weighted by Crippen LogP contribution is -2.36. The minimum atomic E-state index is -0.490. The van der Waals surface area contributed by atoms with Crippen LogP contribution in [0.25, 0.3) is 0 Å². The number of carbonyl (C=O) groups excluding carboxylic acids is 2. The second-order valence-corrected chi connectivity index (χ2v) is 5.44. The number of piperidine rings is 1. The average Bonchev–Trinajstić information content (AvgIpc) is 2.48. The van der Waals surface area contributed by atoms with E-state index in [1.807, 2.05) is 31.2 Å². The van der Waals surface area contributed by atoms with E-state index in [1.54, 1.807) is 4.90 Å². The first kappa shape index (κ1) is 15.5. The van der Waals surface area contributed by atoms with E-state index < -0.39 is 6.04 Å². The van der Waals surface area contributed by atoms with Gasteiger partial charge in [-0.25, -0.2) is 0 Å². The molecule has 0 spiro atoms. The third kappa shape index (κ3) is 4.04. The second-order valence-electron chi connectivity index (χ2n) is 5.44. The minimum Gasteiger partial charge on any atom is -0.325 e. The monoisotopic (exact) mass is 289 g/mol. The molecule has 2 rings (SSSR count). The molecule has 1 aromatic rings. The summed E-state index contributed by atoms with van der Waals surface area (Å²) in [6, 6.07) is 6.90. The molecule has 114 valence electrons. The van der Waals surface area contributed by atoms with Gasteiger partial charge in [-0.3, -0.25) is 9.59 Å². The summed E-state index contributed by atoms with van der Waals surface area (Å²) in [5, 5.41) is 2.82. The van der Waals surface area contributed by atoms with Crippen LogP contribution in [0.5, 0.6) is 0 Å². The van der Waals surface area contributed by atoms with E-state index in [2.05, 4.69) is 5.32 Å². The van der Waals surface area contributed by atoms with Gasteiger partial charge in [0.25, 0.3) is 0 Å². The van der Waals surface area contributed by atoms with Crippen LogP contribution in [0.15, 0.2) is 24.3 Å². The Kier molecular flexibility index (Phi) is 5.33. The number of nitrogens with one attached hydrogen (secondary N) is 1. The molecule has 3 N–H and O–H groups in total. The van der Waals surface area contributed by atoms with E-state index in [0.717, 1.165) is 31.5 Å². The summed E-state index contributed by atoms with van der Waals surface area (Å²) in [5.74, 6) is -0.0358. The molecular formula is C16H23N3O2. The van der Waals surface area contributed by atoms with Crippen molar-refractivity contribution in [2.24, 2.45) is 5.73 Å². The summed E-state index contributed by atoms with van der Waals surface area (Å²) >= 11 is 0. The lowest BCUT2D eigenvalue weighted by Gasteiger charge is -2.27. The van der Waals surface area contributed by atoms with Gasteiger partial charge in [-0.05, 0) is 37.5 Å². The van der Waals surface area contributed by atoms with Crippen molar-refractivity contribution in [2.75, 3.05) is 16.8 Å². The molecule has 1 fully saturated rings. The van der Waals surface area contributed by atoms with Crippen LogP contribution in [0.1, 0.15) is 39.0 Å². The molecule has 5 nitrogen and oxygen atoms in total. The molecule has 1 unspecified atom stereocenters. The molecule has 5 heteroatoms. The van der Waals surface area contributed by atoms with Crippen LogP contribution in [-0.4, -0.2) is 24.4 Å². The van der Waals surface area contributed by atoms with Crippen LogP contribution in [0, 0.1) is 0 Å². The number of carbonyl (C=O) groups is 2. The predicted molar refractivity (Wildman–Crippen MR) is 84.2 cm³/mol. The number of hydrogen-bond acceptors (Lipinski definition) is 3. The number of anilines is 2. The molecule has 1 saturated heterocycles. The van der Waals surface area contributed by atoms with Gasteiger partial charge >= 0.3 is 0 Å². The van der Waals surface area contributed by atoms with Crippen molar-refractivity contribution in [3.63, 3.8) is 0 Å². The maximum atomic E-state index is 11.9. The Morgan fingerprint density at radius 3 is 2.95 bits per heavy atom. The molecule has 0 saturated carbocycles. The normalized spacial score (nSPS) is 16.7. The molecule has 1 aliphatic heterocycles. The van der Waals surface area contributed by atoms with E-state index in [4.69, 9.17) is 5.73 Å². The average molecular weight is 289 g/mol. The molecular weight excluding hydrogens is 266 g/mol. The highest BCUT2D eigenvalue weighted by Gasteiger charge is 2.20. The van der Waals surface area contributed by atoms with E-state index in [0.29, 0.717) is 18.5 Å². The summed E-state index contributed by atoms with van der Waals surface area (Å²) in [7, 11) is 0. The van der Waals surface area contributed by atoms with Gasteiger partial charge < -0.3 is 16.0 Å². The molecule has 0 aromatic heterocycles. The van der Waals surface area contributed by atoms with E-state index in [-0.39, 0.29) is 11.8 Å². The molecule has 2 amide bonds. The Labute approximate surface area is 125 Å². The number of amides is 2. The van der Waals surface area contributed by atoms with Crippen molar-refractivity contribution < 1.29 is 9.59 Å². The zero-order valence-corrected chi connectivity index (χ0v) is 12.5. The van der Waals surface area contributed by atoms with Crippen molar-refractivity contribution in [3.8, 4) is 0 Å². The first-order chi connectivity index (χ1) is 10.1. The zero-order valence-electron chi connectivity index (χ0n) is 12.5. The van der Waals surface area contributed by atoms with Gasteiger partial charge in [-0.2, -0.15) is 0 Å². The largest absolute Gasteiger partial charge is 0.325 e. The SMILES string of the molecule is CCCC(N)C(=O)Nc1cccc(N2CCCCC2=O)c1. The quantitative estimate of drug-likeness (QED) is 0.873. The van der Waals surface area contributed by atoms with Gasteiger partial charge in [0.05, 0.1) is 6.04 Å². The molecule has 1 aromatic carbocycles. The number of nitrogens with zero attached hydrogens (tertiary/aromatic N) is 1. The highest BCUT2D eigenvalue weighted by molar-refractivity contribution is 5.97. The Morgan fingerprint density at radius 1 is 1.43 bits per heavy atom. The number of nitrogens with two attached hydrogens (primary N) is 1. The Hall–Kier alpha value is -1.88. The first-order valence-electron chi connectivity index (χ1n) is 7.58. The third-order valence-electron chi connectivity index (χ3n) is 3.69. The number of benzene rings is 1. The van der Waals surface area contributed by atoms with Gasteiger partial charge in [0.15, 0.2) is 0 Å². The second kappa shape index (κ2) is 7.22. The highest BCUT2D eigenvalue weighted by atomic mass is 16.2. The highest BCUT2D eigenvalue weighted by Crippen LogP contribution is 2.23. The van der Waals surface area contributed by atoms with Gasteiger partial charge in [0.1, 0.15) is 0 Å². The maximum Gasteiger partial charge on any atom is 0.241 e. The molecule has 21 heavy (non-hydrogen) atoms. The standard InChI is InChI=1S/C16H23N3O2/c1-2-6-14(17)16(21)18-12-7-5-8-13(11-12)19-10-4-3-9-15(19)20/h5,7-8,11,14H,2-4,6,9-10,17H2,1H3,(H,18,21). The Morgan fingerprint density at radius 2 is 2.24 bits per heavy atom. The lowest BCUT2D eigenvalue weighted by atomic mass is 10.1. The maximum absolute atomic E-state index is 11.9. The predicted octanol–water partition coefficient (Wildman–Crippen LogP) is 2.27. The van der Waals surface area contributed by atoms with Crippen molar-refractivity contribution in [1.29, 1.82) is 0 Å².